The fraction of sp³-hybridized carbons (Fsp3) is 0.400. The van der Waals surface area contributed by atoms with E-state index in [2.05, 4.69) is 47.1 Å². The van der Waals surface area contributed by atoms with Crippen LogP contribution in [0.5, 0.6) is 0 Å². The van der Waals surface area contributed by atoms with Gasteiger partial charge in [-0.05, 0) is 26.3 Å². The summed E-state index contributed by atoms with van der Waals surface area (Å²) in [6.45, 7) is 5.64. The molecule has 2 aliphatic rings. The van der Waals surface area contributed by atoms with E-state index in [-0.39, 0.29) is 34.5 Å². The van der Waals surface area contributed by atoms with Crippen molar-refractivity contribution in [2.24, 2.45) is 0 Å². The summed E-state index contributed by atoms with van der Waals surface area (Å²) >= 11 is 5.82. The van der Waals surface area contributed by atoms with Crippen molar-refractivity contribution in [3.8, 4) is 11.3 Å². The molecule has 2 saturated heterocycles. The average Bonchev–Trinajstić information content (AvgIpc) is 3.63. The monoisotopic (exact) mass is 657 g/mol. The van der Waals surface area contributed by atoms with Gasteiger partial charge >= 0.3 is 0 Å². The van der Waals surface area contributed by atoms with E-state index in [1.807, 2.05) is 6.92 Å². The SMILES string of the molecule is CC(c1cnc(N2CC[C@H]2[C@@H](C)N2C[C@@H](O)[C@H](O)C2)nc1)n1cc(NC(=O)c2cncc(-c3c(C(F)F)ccc(Cl)c3F)n2)cn1. The number of hydrogen-bond donors (Lipinski definition) is 3. The zero-order chi connectivity index (χ0) is 32.7. The first kappa shape index (κ1) is 31.8. The van der Waals surface area contributed by atoms with Gasteiger partial charge in [-0.1, -0.05) is 17.7 Å². The van der Waals surface area contributed by atoms with Crippen LogP contribution in [0.25, 0.3) is 11.3 Å². The zero-order valence-electron chi connectivity index (χ0n) is 24.8. The van der Waals surface area contributed by atoms with Crippen LogP contribution in [0.3, 0.4) is 0 Å². The molecule has 46 heavy (non-hydrogen) atoms. The Morgan fingerprint density at radius 1 is 1.07 bits per heavy atom. The van der Waals surface area contributed by atoms with Crippen LogP contribution in [-0.4, -0.2) is 94.7 Å². The number of carbonyl (C=O) groups excluding carboxylic acids is 1. The number of alkyl halides is 2. The van der Waals surface area contributed by atoms with Crippen molar-refractivity contribution in [3.63, 3.8) is 0 Å². The van der Waals surface area contributed by atoms with Gasteiger partial charge in [0, 0.05) is 67.0 Å². The predicted octanol–water partition coefficient (Wildman–Crippen LogP) is 3.73. The lowest BCUT2D eigenvalue weighted by Crippen LogP contribution is -2.59. The summed E-state index contributed by atoms with van der Waals surface area (Å²) in [5, 5.41) is 26.5. The maximum Gasteiger partial charge on any atom is 0.275 e. The standard InChI is InChI=1S/C30H31ClF3N9O3/c1-15(17-7-36-30(37-8-17)42-6-5-23(42)16(2)41-13-24(44)25(45)14-41)43-12-18(9-38-43)39-29(46)22-11-35-10-21(40-22)26-19(28(33)34)3-4-20(31)27(26)32/h3-4,7-12,15-16,23-25,28,44-45H,5-6,13-14H2,1-2H3,(H,39,46)/t15?,16-,23+,24-,25-/m1/s1. The van der Waals surface area contributed by atoms with Crippen LogP contribution in [0.1, 0.15) is 54.4 Å². The van der Waals surface area contributed by atoms with Gasteiger partial charge in [0.25, 0.3) is 12.3 Å². The number of aliphatic hydroxyl groups excluding tert-OH is 2. The smallest absolute Gasteiger partial charge is 0.275 e. The summed E-state index contributed by atoms with van der Waals surface area (Å²) in [5.41, 5.74) is -0.523. The number of nitrogens with one attached hydrogen (secondary N) is 1. The van der Waals surface area contributed by atoms with Gasteiger partial charge in [0.1, 0.15) is 5.69 Å². The van der Waals surface area contributed by atoms with E-state index in [0.717, 1.165) is 43.1 Å². The molecule has 16 heteroatoms. The molecule has 1 amide bonds. The van der Waals surface area contributed by atoms with Crippen molar-refractivity contribution in [1.82, 2.24) is 34.6 Å². The number of rotatable bonds is 9. The molecule has 3 N–H and O–H groups in total. The van der Waals surface area contributed by atoms with E-state index in [9.17, 15) is 28.2 Å². The molecule has 5 atom stereocenters. The Morgan fingerprint density at radius 2 is 1.78 bits per heavy atom. The van der Waals surface area contributed by atoms with Gasteiger partial charge in [0.05, 0.1) is 53.2 Å². The van der Waals surface area contributed by atoms with Crippen molar-refractivity contribution >= 4 is 29.1 Å². The van der Waals surface area contributed by atoms with Crippen LogP contribution in [0.2, 0.25) is 5.02 Å². The maximum atomic E-state index is 14.7. The van der Waals surface area contributed by atoms with Crippen molar-refractivity contribution in [1.29, 1.82) is 0 Å². The summed E-state index contributed by atoms with van der Waals surface area (Å²) in [4.78, 5) is 34.3. The van der Waals surface area contributed by atoms with Crippen molar-refractivity contribution < 1.29 is 28.2 Å². The third-order valence-corrected chi connectivity index (χ3v) is 8.92. The number of carbonyl (C=O) groups is 1. The lowest BCUT2D eigenvalue weighted by molar-refractivity contribution is 0.0572. The fourth-order valence-electron chi connectivity index (χ4n) is 5.79. The molecule has 5 heterocycles. The number of halogens is 4. The highest BCUT2D eigenvalue weighted by molar-refractivity contribution is 6.31. The highest BCUT2D eigenvalue weighted by atomic mass is 35.5. The molecule has 1 aromatic carbocycles. The lowest BCUT2D eigenvalue weighted by Gasteiger charge is -2.47. The quantitative estimate of drug-likeness (QED) is 0.243. The molecule has 3 aromatic heterocycles. The molecule has 0 saturated carbocycles. The minimum absolute atomic E-state index is 0.113. The largest absolute Gasteiger partial charge is 0.389 e. The Morgan fingerprint density at radius 3 is 2.43 bits per heavy atom. The molecular weight excluding hydrogens is 627 g/mol. The van der Waals surface area contributed by atoms with E-state index < -0.39 is 41.5 Å². The number of aliphatic hydroxyl groups is 2. The molecule has 1 unspecified atom stereocenters. The summed E-state index contributed by atoms with van der Waals surface area (Å²) in [6, 6.07) is 2.02. The number of β-amino-alcohol motifs (C(OH)–C–C–N with tert-alkyl or cyclic N) is 2. The van der Waals surface area contributed by atoms with Crippen LogP contribution in [0, 0.1) is 5.82 Å². The van der Waals surface area contributed by atoms with Crippen molar-refractivity contribution in [2.45, 2.75) is 57.0 Å². The Hall–Kier alpha value is -4.18. The summed E-state index contributed by atoms with van der Waals surface area (Å²) in [7, 11) is 0. The number of hydrogen-bond acceptors (Lipinski definition) is 10. The number of likely N-dealkylation sites (tertiary alicyclic amines) is 1. The third kappa shape index (κ3) is 6.15. The minimum atomic E-state index is -3.00. The van der Waals surface area contributed by atoms with Crippen LogP contribution in [-0.2, 0) is 0 Å². The first-order chi connectivity index (χ1) is 22.0. The molecule has 12 nitrogen and oxygen atoms in total. The fourth-order valence-corrected chi connectivity index (χ4v) is 5.95. The van der Waals surface area contributed by atoms with Crippen molar-refractivity contribution in [3.05, 3.63) is 77.0 Å². The minimum Gasteiger partial charge on any atom is -0.389 e. The highest BCUT2D eigenvalue weighted by Gasteiger charge is 2.41. The van der Waals surface area contributed by atoms with E-state index in [1.165, 1.54) is 6.20 Å². The van der Waals surface area contributed by atoms with E-state index >= 15 is 0 Å². The van der Waals surface area contributed by atoms with Crippen LogP contribution >= 0.6 is 11.6 Å². The molecule has 0 spiro atoms. The predicted molar refractivity (Wildman–Crippen MR) is 162 cm³/mol. The number of nitrogens with zero attached hydrogens (tertiary/aromatic N) is 8. The van der Waals surface area contributed by atoms with E-state index in [0.29, 0.717) is 24.7 Å². The second kappa shape index (κ2) is 12.9. The second-order valence-corrected chi connectivity index (χ2v) is 11.9. The Balaban J connectivity index is 1.11. The van der Waals surface area contributed by atoms with Crippen LogP contribution in [0.4, 0.5) is 24.8 Å². The molecule has 0 radical (unpaired) electrons. The summed E-state index contributed by atoms with van der Waals surface area (Å²) in [5.74, 6) is -1.19. The average molecular weight is 658 g/mol. The summed E-state index contributed by atoms with van der Waals surface area (Å²) in [6.07, 6.45) is 5.18. The van der Waals surface area contributed by atoms with Gasteiger partial charge in [-0.25, -0.2) is 28.1 Å². The molecule has 2 aliphatic heterocycles. The van der Waals surface area contributed by atoms with E-state index in [1.54, 1.807) is 23.3 Å². The van der Waals surface area contributed by atoms with Gasteiger partial charge in [-0.15, -0.1) is 0 Å². The Kier molecular flexibility index (Phi) is 8.92. The first-order valence-electron chi connectivity index (χ1n) is 14.6. The number of anilines is 2. The number of aromatic nitrogens is 6. The third-order valence-electron chi connectivity index (χ3n) is 8.63. The van der Waals surface area contributed by atoms with Gasteiger partial charge in [0.15, 0.2) is 5.82 Å². The molecule has 6 rings (SSSR count). The maximum absolute atomic E-state index is 14.7. The zero-order valence-corrected chi connectivity index (χ0v) is 25.6. The molecule has 242 valence electrons. The van der Waals surface area contributed by atoms with Gasteiger partial charge in [0.2, 0.25) is 5.95 Å². The topological polar surface area (TPSA) is 145 Å². The van der Waals surface area contributed by atoms with Gasteiger partial charge in [-0.3, -0.25) is 19.4 Å². The van der Waals surface area contributed by atoms with Gasteiger partial charge in [-0.2, -0.15) is 5.10 Å². The first-order valence-corrected chi connectivity index (χ1v) is 15.0. The normalized spacial score (nSPS) is 21.3. The summed E-state index contributed by atoms with van der Waals surface area (Å²) < 4.78 is 43.5. The molecule has 2 fully saturated rings. The number of amides is 1. The highest BCUT2D eigenvalue weighted by Crippen LogP contribution is 2.35. The Labute approximate surface area is 266 Å². The molecule has 0 bridgehead atoms. The van der Waals surface area contributed by atoms with Crippen LogP contribution in [0.15, 0.2) is 49.3 Å². The van der Waals surface area contributed by atoms with Crippen LogP contribution < -0.4 is 10.2 Å². The van der Waals surface area contributed by atoms with Gasteiger partial charge < -0.3 is 20.4 Å². The number of benzene rings is 1. The molecule has 4 aromatic rings. The lowest BCUT2D eigenvalue weighted by atomic mass is 9.95. The molecular formula is C30H31ClF3N9O3. The molecule has 0 aliphatic carbocycles. The second-order valence-electron chi connectivity index (χ2n) is 11.4. The Bertz CT molecular complexity index is 1720. The van der Waals surface area contributed by atoms with Crippen molar-refractivity contribution in [2.75, 3.05) is 29.9 Å². The van der Waals surface area contributed by atoms with E-state index in [4.69, 9.17) is 11.6 Å².